The number of ether oxygens (including phenoxy) is 1. The van der Waals surface area contributed by atoms with Crippen LogP contribution >= 0.6 is 0 Å². The summed E-state index contributed by atoms with van der Waals surface area (Å²) in [5.41, 5.74) is 3.60. The van der Waals surface area contributed by atoms with Gasteiger partial charge in [-0.25, -0.2) is 0 Å². The van der Waals surface area contributed by atoms with E-state index in [2.05, 4.69) is 30.2 Å². The second-order valence-electron chi connectivity index (χ2n) is 6.78. The van der Waals surface area contributed by atoms with E-state index in [0.29, 0.717) is 12.2 Å². The fourth-order valence-electron chi connectivity index (χ4n) is 2.79. The maximum Gasteiger partial charge on any atom is 0.192 e. The Morgan fingerprint density at radius 1 is 1.22 bits per heavy atom. The Morgan fingerprint density at radius 2 is 1.96 bits per heavy atom. The molecule has 0 radical (unpaired) electrons. The van der Waals surface area contributed by atoms with E-state index in [1.54, 1.807) is 0 Å². The van der Waals surface area contributed by atoms with Crippen molar-refractivity contribution in [2.45, 2.75) is 46.3 Å². The summed E-state index contributed by atoms with van der Waals surface area (Å²) in [4.78, 5) is 12.4. The Morgan fingerprint density at radius 3 is 2.63 bits per heavy atom. The second-order valence-corrected chi connectivity index (χ2v) is 6.78. The summed E-state index contributed by atoms with van der Waals surface area (Å²) >= 11 is 0. The molecule has 1 aromatic carbocycles. The molecule has 2 rings (SSSR count). The molecule has 1 aliphatic carbocycles. The van der Waals surface area contributed by atoms with Crippen molar-refractivity contribution in [1.29, 1.82) is 0 Å². The van der Waals surface area contributed by atoms with E-state index >= 15 is 0 Å². The summed E-state index contributed by atoms with van der Waals surface area (Å²) < 4.78 is 5.80. The molecule has 0 heterocycles. The first kappa shape index (κ1) is 20.7. The summed E-state index contributed by atoms with van der Waals surface area (Å²) in [6, 6.07) is 10.0. The number of hydrogen-bond donors (Lipinski definition) is 2. The molecule has 0 saturated heterocycles. The maximum atomic E-state index is 12.4. The average molecular weight is 367 g/mol. The Labute approximate surface area is 162 Å². The number of benzene rings is 1. The molecule has 4 nitrogen and oxygen atoms in total. The third-order valence-electron chi connectivity index (χ3n) is 4.18. The van der Waals surface area contributed by atoms with Gasteiger partial charge in [-0.3, -0.25) is 4.79 Å². The van der Waals surface area contributed by atoms with Crippen LogP contribution in [0.25, 0.3) is 0 Å². The molecule has 0 aromatic heterocycles. The lowest BCUT2D eigenvalue weighted by Gasteiger charge is -2.14. The predicted molar refractivity (Wildman–Crippen MR) is 111 cm³/mol. The van der Waals surface area contributed by atoms with Crippen LogP contribution in [0.4, 0.5) is 0 Å². The molecule has 0 fully saturated rings. The molecule has 0 unspecified atom stereocenters. The zero-order valence-corrected chi connectivity index (χ0v) is 16.5. The standard InChI is InChI=1S/C23H30N2O2/c1-5-20-11-12-21(27-17(2)3)13-14-22(20)25-18(4)23(26)16-24-15-19-9-7-6-8-10-19/h6-11,13-14,17,24-25H,4-5,12,15-16H2,1-3H3. The first-order valence-electron chi connectivity index (χ1n) is 9.50. The van der Waals surface area contributed by atoms with Crippen molar-refractivity contribution in [3.8, 4) is 0 Å². The minimum absolute atomic E-state index is 0.0471. The molecule has 0 aliphatic heterocycles. The van der Waals surface area contributed by atoms with Crippen molar-refractivity contribution < 1.29 is 9.53 Å². The van der Waals surface area contributed by atoms with Crippen LogP contribution in [-0.2, 0) is 16.1 Å². The van der Waals surface area contributed by atoms with Gasteiger partial charge in [0.25, 0.3) is 0 Å². The summed E-state index contributed by atoms with van der Waals surface area (Å²) in [7, 11) is 0. The number of carbonyl (C=O) groups is 1. The number of carbonyl (C=O) groups excluding carboxylic acids is 1. The van der Waals surface area contributed by atoms with Gasteiger partial charge >= 0.3 is 0 Å². The van der Waals surface area contributed by atoms with Gasteiger partial charge < -0.3 is 15.4 Å². The van der Waals surface area contributed by atoms with E-state index in [1.165, 1.54) is 0 Å². The van der Waals surface area contributed by atoms with Crippen LogP contribution in [0.3, 0.4) is 0 Å². The van der Waals surface area contributed by atoms with Crippen LogP contribution in [0.1, 0.15) is 39.2 Å². The molecule has 0 amide bonds. The van der Waals surface area contributed by atoms with Crippen molar-refractivity contribution in [2.75, 3.05) is 6.54 Å². The number of Topliss-reactive ketones (excluding diaryl/α,β-unsaturated/α-hetero) is 1. The molecular weight excluding hydrogens is 336 g/mol. The fourth-order valence-corrected chi connectivity index (χ4v) is 2.79. The first-order valence-corrected chi connectivity index (χ1v) is 9.50. The van der Waals surface area contributed by atoms with Gasteiger partial charge in [0.1, 0.15) is 5.76 Å². The van der Waals surface area contributed by atoms with Crippen LogP contribution in [0.5, 0.6) is 0 Å². The molecule has 27 heavy (non-hydrogen) atoms. The third-order valence-corrected chi connectivity index (χ3v) is 4.18. The minimum Gasteiger partial charge on any atom is -0.495 e. The Bertz CT molecular complexity index is 743. The summed E-state index contributed by atoms with van der Waals surface area (Å²) in [6.45, 7) is 11.0. The number of ketones is 1. The quantitative estimate of drug-likeness (QED) is 0.603. The highest BCUT2D eigenvalue weighted by molar-refractivity contribution is 5.96. The second kappa shape index (κ2) is 10.5. The summed E-state index contributed by atoms with van der Waals surface area (Å²) in [5, 5.41) is 6.36. The number of allylic oxidation sites excluding steroid dienone is 4. The maximum absolute atomic E-state index is 12.4. The molecule has 1 aromatic rings. The molecule has 144 valence electrons. The Hall–Kier alpha value is -2.59. The molecule has 0 spiro atoms. The lowest BCUT2D eigenvalue weighted by Crippen LogP contribution is -2.29. The van der Waals surface area contributed by atoms with Crippen LogP contribution in [0.2, 0.25) is 0 Å². The normalized spacial score (nSPS) is 14.0. The summed E-state index contributed by atoms with van der Waals surface area (Å²) in [6.07, 6.45) is 7.84. The van der Waals surface area contributed by atoms with Crippen molar-refractivity contribution in [1.82, 2.24) is 10.6 Å². The van der Waals surface area contributed by atoms with Gasteiger partial charge in [-0.15, -0.1) is 0 Å². The first-order chi connectivity index (χ1) is 13.0. The van der Waals surface area contributed by atoms with Gasteiger partial charge in [-0.2, -0.15) is 0 Å². The lowest BCUT2D eigenvalue weighted by molar-refractivity contribution is -0.115. The monoisotopic (exact) mass is 366 g/mol. The van der Waals surface area contributed by atoms with Crippen LogP contribution in [-0.4, -0.2) is 18.4 Å². The zero-order chi connectivity index (χ0) is 19.6. The zero-order valence-electron chi connectivity index (χ0n) is 16.5. The van der Waals surface area contributed by atoms with E-state index in [1.807, 2.05) is 56.3 Å². The highest BCUT2D eigenvalue weighted by Crippen LogP contribution is 2.21. The van der Waals surface area contributed by atoms with E-state index in [-0.39, 0.29) is 18.4 Å². The number of hydrogen-bond acceptors (Lipinski definition) is 4. The molecule has 4 heteroatoms. The molecule has 1 aliphatic rings. The molecule has 0 saturated carbocycles. The highest BCUT2D eigenvalue weighted by atomic mass is 16.5. The summed E-state index contributed by atoms with van der Waals surface area (Å²) in [5.74, 6) is 0.878. The van der Waals surface area contributed by atoms with Gasteiger partial charge in [-0.1, -0.05) is 49.9 Å². The lowest BCUT2D eigenvalue weighted by atomic mass is 10.1. The van der Waals surface area contributed by atoms with E-state index in [0.717, 1.165) is 35.4 Å². The predicted octanol–water partition coefficient (Wildman–Crippen LogP) is 4.38. The van der Waals surface area contributed by atoms with Gasteiger partial charge in [0.15, 0.2) is 5.78 Å². The highest BCUT2D eigenvalue weighted by Gasteiger charge is 2.13. The van der Waals surface area contributed by atoms with Crippen molar-refractivity contribution in [3.05, 3.63) is 83.4 Å². The van der Waals surface area contributed by atoms with Gasteiger partial charge in [0, 0.05) is 18.7 Å². The van der Waals surface area contributed by atoms with Crippen molar-refractivity contribution in [2.24, 2.45) is 0 Å². The van der Waals surface area contributed by atoms with Crippen molar-refractivity contribution in [3.63, 3.8) is 0 Å². The SMILES string of the molecule is C=C(NC1=CC=C(OC(C)C)CC=C1CC)C(=O)CNCc1ccccc1. The van der Waals surface area contributed by atoms with Crippen LogP contribution in [0.15, 0.2) is 77.9 Å². The third kappa shape index (κ3) is 6.91. The van der Waals surface area contributed by atoms with Crippen molar-refractivity contribution >= 4 is 5.78 Å². The number of rotatable bonds is 10. The largest absolute Gasteiger partial charge is 0.495 e. The Balaban J connectivity index is 1.92. The van der Waals surface area contributed by atoms with E-state index in [4.69, 9.17) is 4.74 Å². The van der Waals surface area contributed by atoms with Gasteiger partial charge in [0.05, 0.1) is 18.3 Å². The minimum atomic E-state index is -0.0471. The topological polar surface area (TPSA) is 50.4 Å². The Kier molecular flexibility index (Phi) is 8.08. The molecular formula is C23H30N2O2. The van der Waals surface area contributed by atoms with E-state index < -0.39 is 0 Å². The van der Waals surface area contributed by atoms with E-state index in [9.17, 15) is 4.79 Å². The van der Waals surface area contributed by atoms with Gasteiger partial charge in [-0.05, 0) is 43.6 Å². The van der Waals surface area contributed by atoms with Crippen LogP contribution in [0, 0.1) is 0 Å². The fraction of sp³-hybridized carbons (Fsp3) is 0.348. The molecule has 2 N–H and O–H groups in total. The molecule has 0 atom stereocenters. The van der Waals surface area contributed by atoms with Gasteiger partial charge in [0.2, 0.25) is 0 Å². The smallest absolute Gasteiger partial charge is 0.192 e. The van der Waals surface area contributed by atoms with Crippen LogP contribution < -0.4 is 10.6 Å². The number of nitrogens with one attached hydrogen (secondary N) is 2. The average Bonchev–Trinajstić information content (AvgIpc) is 2.84. The molecule has 0 bridgehead atoms.